The highest BCUT2D eigenvalue weighted by atomic mass is 16.3. The highest BCUT2D eigenvalue weighted by Crippen LogP contribution is 2.24. The molecule has 7 heteroatoms. The SMILES string of the molecule is CNC(=O)c1cc(C(=O)NC[C@H]2CC[C@H](O)C2)cn(Cc2ccccc2)c1=O. The molecule has 0 saturated heterocycles. The summed E-state index contributed by atoms with van der Waals surface area (Å²) in [4.78, 5) is 37.5. The van der Waals surface area contributed by atoms with Crippen LogP contribution in [0.2, 0.25) is 0 Å². The Morgan fingerprint density at radius 1 is 1.18 bits per heavy atom. The van der Waals surface area contributed by atoms with E-state index in [2.05, 4.69) is 10.6 Å². The van der Waals surface area contributed by atoms with Crippen molar-refractivity contribution in [2.24, 2.45) is 5.92 Å². The Morgan fingerprint density at radius 2 is 1.93 bits per heavy atom. The van der Waals surface area contributed by atoms with Gasteiger partial charge in [0.25, 0.3) is 17.4 Å². The van der Waals surface area contributed by atoms with E-state index < -0.39 is 11.5 Å². The fourth-order valence-corrected chi connectivity index (χ4v) is 3.53. The van der Waals surface area contributed by atoms with Gasteiger partial charge in [0, 0.05) is 19.8 Å². The van der Waals surface area contributed by atoms with Crippen LogP contribution < -0.4 is 16.2 Å². The summed E-state index contributed by atoms with van der Waals surface area (Å²) in [6.07, 6.45) is 3.49. The number of carbonyl (C=O) groups is 2. The highest BCUT2D eigenvalue weighted by Gasteiger charge is 2.23. The number of benzene rings is 1. The Kier molecular flexibility index (Phi) is 6.26. The second kappa shape index (κ2) is 8.84. The van der Waals surface area contributed by atoms with Crippen molar-refractivity contribution in [1.82, 2.24) is 15.2 Å². The summed E-state index contributed by atoms with van der Waals surface area (Å²) < 4.78 is 1.38. The Hall–Kier alpha value is -2.93. The lowest BCUT2D eigenvalue weighted by Gasteiger charge is -2.14. The lowest BCUT2D eigenvalue weighted by Crippen LogP contribution is -2.34. The predicted octanol–water partition coefficient (Wildman–Crippen LogP) is 1.15. The van der Waals surface area contributed by atoms with Gasteiger partial charge in [-0.15, -0.1) is 0 Å². The maximum Gasteiger partial charge on any atom is 0.263 e. The molecule has 148 valence electrons. The Morgan fingerprint density at radius 3 is 2.57 bits per heavy atom. The second-order valence-electron chi connectivity index (χ2n) is 7.18. The third kappa shape index (κ3) is 4.67. The van der Waals surface area contributed by atoms with Crippen molar-refractivity contribution >= 4 is 11.8 Å². The van der Waals surface area contributed by atoms with Crippen molar-refractivity contribution in [3.05, 3.63) is 69.6 Å². The van der Waals surface area contributed by atoms with Crippen LogP contribution in [-0.2, 0) is 6.54 Å². The van der Waals surface area contributed by atoms with Crippen molar-refractivity contribution in [3.8, 4) is 0 Å². The number of aliphatic hydroxyl groups excluding tert-OH is 1. The molecule has 0 bridgehead atoms. The minimum atomic E-state index is -0.527. The summed E-state index contributed by atoms with van der Waals surface area (Å²) in [6, 6.07) is 10.7. The van der Waals surface area contributed by atoms with Crippen LogP contribution in [0.3, 0.4) is 0 Å². The van der Waals surface area contributed by atoms with Crippen LogP contribution in [0.1, 0.15) is 45.5 Å². The first kappa shape index (κ1) is 19.8. The average molecular weight is 383 g/mol. The number of hydrogen-bond acceptors (Lipinski definition) is 4. The summed E-state index contributed by atoms with van der Waals surface area (Å²) in [6.45, 7) is 0.725. The summed E-state index contributed by atoms with van der Waals surface area (Å²) >= 11 is 0. The first-order chi connectivity index (χ1) is 13.5. The number of rotatable bonds is 6. The minimum Gasteiger partial charge on any atom is -0.393 e. The molecule has 3 rings (SSSR count). The van der Waals surface area contributed by atoms with Gasteiger partial charge in [0.05, 0.1) is 18.2 Å². The smallest absolute Gasteiger partial charge is 0.263 e. The molecule has 0 radical (unpaired) electrons. The average Bonchev–Trinajstić information content (AvgIpc) is 3.13. The van der Waals surface area contributed by atoms with Crippen LogP contribution in [0.5, 0.6) is 0 Å². The molecule has 3 N–H and O–H groups in total. The Bertz CT molecular complexity index is 908. The van der Waals surface area contributed by atoms with E-state index in [4.69, 9.17) is 0 Å². The van der Waals surface area contributed by atoms with Crippen LogP contribution in [0.4, 0.5) is 0 Å². The maximum absolute atomic E-state index is 12.7. The number of hydrogen-bond donors (Lipinski definition) is 3. The van der Waals surface area contributed by atoms with Crippen molar-refractivity contribution in [3.63, 3.8) is 0 Å². The molecular weight excluding hydrogens is 358 g/mol. The number of nitrogens with one attached hydrogen (secondary N) is 2. The number of amides is 2. The highest BCUT2D eigenvalue weighted by molar-refractivity contribution is 5.99. The normalized spacial score (nSPS) is 18.6. The van der Waals surface area contributed by atoms with Crippen molar-refractivity contribution in [1.29, 1.82) is 0 Å². The quantitative estimate of drug-likeness (QED) is 0.697. The molecule has 2 aromatic rings. The third-order valence-electron chi connectivity index (χ3n) is 5.08. The van der Waals surface area contributed by atoms with E-state index in [-0.39, 0.29) is 35.6 Å². The predicted molar refractivity (Wildman–Crippen MR) is 105 cm³/mol. The molecule has 1 saturated carbocycles. The minimum absolute atomic E-state index is 0.0673. The molecule has 7 nitrogen and oxygen atoms in total. The van der Waals surface area contributed by atoms with Gasteiger partial charge in [-0.05, 0) is 36.8 Å². The molecule has 0 unspecified atom stereocenters. The van der Waals surface area contributed by atoms with E-state index in [0.717, 1.165) is 18.4 Å². The molecule has 1 heterocycles. The topological polar surface area (TPSA) is 100 Å². The number of carbonyl (C=O) groups excluding carboxylic acids is 2. The van der Waals surface area contributed by atoms with Gasteiger partial charge < -0.3 is 20.3 Å². The van der Waals surface area contributed by atoms with E-state index in [1.165, 1.54) is 23.9 Å². The Labute approximate surface area is 163 Å². The second-order valence-corrected chi connectivity index (χ2v) is 7.18. The Balaban J connectivity index is 1.85. The molecule has 1 aliphatic carbocycles. The molecule has 0 aliphatic heterocycles. The van der Waals surface area contributed by atoms with Gasteiger partial charge in [0.15, 0.2) is 0 Å². The van der Waals surface area contributed by atoms with Gasteiger partial charge in [0.1, 0.15) is 5.56 Å². The summed E-state index contributed by atoms with van der Waals surface area (Å²) in [5, 5.41) is 14.9. The van der Waals surface area contributed by atoms with Gasteiger partial charge in [-0.3, -0.25) is 14.4 Å². The molecule has 1 aliphatic rings. The number of pyridine rings is 1. The van der Waals surface area contributed by atoms with E-state index in [9.17, 15) is 19.5 Å². The van der Waals surface area contributed by atoms with Crippen LogP contribution in [0.15, 0.2) is 47.4 Å². The molecule has 2 atom stereocenters. The molecule has 28 heavy (non-hydrogen) atoms. The van der Waals surface area contributed by atoms with E-state index in [0.29, 0.717) is 13.0 Å². The van der Waals surface area contributed by atoms with Gasteiger partial charge in [-0.25, -0.2) is 0 Å². The third-order valence-corrected chi connectivity index (χ3v) is 5.08. The van der Waals surface area contributed by atoms with Crippen LogP contribution >= 0.6 is 0 Å². The van der Waals surface area contributed by atoms with Gasteiger partial charge in [0.2, 0.25) is 0 Å². The van der Waals surface area contributed by atoms with Gasteiger partial charge in [-0.2, -0.15) is 0 Å². The maximum atomic E-state index is 12.7. The lowest BCUT2D eigenvalue weighted by atomic mass is 10.1. The van der Waals surface area contributed by atoms with Crippen molar-refractivity contribution in [2.75, 3.05) is 13.6 Å². The van der Waals surface area contributed by atoms with Gasteiger partial charge >= 0.3 is 0 Å². The lowest BCUT2D eigenvalue weighted by molar-refractivity contribution is 0.0944. The van der Waals surface area contributed by atoms with E-state index in [1.54, 1.807) is 0 Å². The zero-order chi connectivity index (χ0) is 20.1. The summed E-state index contributed by atoms with van der Waals surface area (Å²) in [7, 11) is 1.45. The zero-order valence-electron chi connectivity index (χ0n) is 15.9. The van der Waals surface area contributed by atoms with E-state index in [1.807, 2.05) is 30.3 Å². The van der Waals surface area contributed by atoms with Gasteiger partial charge in [-0.1, -0.05) is 30.3 Å². The fourth-order valence-electron chi connectivity index (χ4n) is 3.53. The first-order valence-electron chi connectivity index (χ1n) is 9.44. The summed E-state index contributed by atoms with van der Waals surface area (Å²) in [5.41, 5.74) is 0.638. The number of aliphatic hydroxyl groups is 1. The van der Waals surface area contributed by atoms with Crippen LogP contribution in [0.25, 0.3) is 0 Å². The first-order valence-corrected chi connectivity index (χ1v) is 9.44. The number of nitrogens with zero attached hydrogens (tertiary/aromatic N) is 1. The molecule has 1 aromatic carbocycles. The molecule has 2 amide bonds. The molecule has 0 spiro atoms. The van der Waals surface area contributed by atoms with Crippen molar-refractivity contribution in [2.45, 2.75) is 31.9 Å². The largest absolute Gasteiger partial charge is 0.393 e. The molecule has 1 fully saturated rings. The van der Waals surface area contributed by atoms with Crippen LogP contribution in [-0.4, -0.2) is 41.2 Å². The zero-order valence-corrected chi connectivity index (χ0v) is 15.9. The standard InChI is InChI=1S/C21H25N3O4/c1-22-20(27)18-10-16(19(26)23-11-15-7-8-17(25)9-15)13-24(21(18)28)12-14-5-3-2-4-6-14/h2-6,10,13,15,17,25H,7-9,11-12H2,1H3,(H,22,27)(H,23,26)/t15-,17-/m0/s1. The van der Waals surface area contributed by atoms with E-state index >= 15 is 0 Å². The molecule has 1 aromatic heterocycles. The molecular formula is C21H25N3O4. The number of aromatic nitrogens is 1. The summed E-state index contributed by atoms with van der Waals surface area (Å²) in [5.74, 6) is -0.624. The fraction of sp³-hybridized carbons (Fsp3) is 0.381. The van der Waals surface area contributed by atoms with Crippen LogP contribution in [0, 0.1) is 5.92 Å². The monoisotopic (exact) mass is 383 g/mol. The van der Waals surface area contributed by atoms with Crippen molar-refractivity contribution < 1.29 is 14.7 Å².